The Balaban J connectivity index is 1.70. The minimum absolute atomic E-state index is 0.0626. The summed E-state index contributed by atoms with van der Waals surface area (Å²) in [7, 11) is 0. The zero-order valence-corrected chi connectivity index (χ0v) is 14.5. The number of allylic oxidation sites excluding steroid dienone is 1. The van der Waals surface area contributed by atoms with E-state index in [1.165, 1.54) is 6.42 Å². The van der Waals surface area contributed by atoms with Crippen molar-refractivity contribution >= 4 is 11.8 Å². The van der Waals surface area contributed by atoms with Crippen LogP contribution in [0.4, 0.5) is 0 Å². The quantitative estimate of drug-likeness (QED) is 0.698. The SMILES string of the molecule is C[C@@H]1CC/C=C\[C@@H]2C[C@H]2NC(=O)[C@@H]2CCCN2C(=O)C[C@H](C)C1. The van der Waals surface area contributed by atoms with Gasteiger partial charge in [-0.05, 0) is 56.3 Å². The number of nitrogens with one attached hydrogen (secondary N) is 1. The molecule has 0 unspecified atom stereocenters. The normalized spacial score (nSPS) is 40.4. The monoisotopic (exact) mass is 318 g/mol. The van der Waals surface area contributed by atoms with Gasteiger partial charge in [0, 0.05) is 19.0 Å². The highest BCUT2D eigenvalue weighted by atomic mass is 16.2. The maximum absolute atomic E-state index is 12.6. The molecule has 0 aromatic heterocycles. The van der Waals surface area contributed by atoms with Crippen LogP contribution in [0, 0.1) is 17.8 Å². The predicted octanol–water partition coefficient (Wildman–Crippen LogP) is 2.88. The molecule has 5 atom stereocenters. The zero-order chi connectivity index (χ0) is 16.4. The Kier molecular flexibility index (Phi) is 5.08. The van der Waals surface area contributed by atoms with E-state index in [0.717, 1.165) is 38.6 Å². The molecule has 23 heavy (non-hydrogen) atoms. The van der Waals surface area contributed by atoms with Crippen LogP contribution < -0.4 is 5.32 Å². The van der Waals surface area contributed by atoms with E-state index in [1.807, 2.05) is 4.90 Å². The number of carbonyl (C=O) groups is 2. The Hall–Kier alpha value is -1.32. The van der Waals surface area contributed by atoms with Crippen molar-refractivity contribution in [3.63, 3.8) is 0 Å². The third kappa shape index (κ3) is 4.15. The Labute approximate surface area is 139 Å². The molecule has 2 heterocycles. The molecule has 4 heteroatoms. The van der Waals surface area contributed by atoms with Gasteiger partial charge < -0.3 is 10.2 Å². The van der Waals surface area contributed by atoms with Crippen molar-refractivity contribution in [3.8, 4) is 0 Å². The number of nitrogens with zero attached hydrogens (tertiary/aromatic N) is 1. The Morgan fingerprint density at radius 1 is 1.13 bits per heavy atom. The largest absolute Gasteiger partial charge is 0.351 e. The molecule has 1 N–H and O–H groups in total. The molecule has 0 aromatic carbocycles. The second-order valence-corrected chi connectivity index (χ2v) is 7.92. The predicted molar refractivity (Wildman–Crippen MR) is 90.7 cm³/mol. The molecule has 0 aromatic rings. The molecule has 3 rings (SSSR count). The molecule has 2 fully saturated rings. The highest BCUT2D eigenvalue weighted by molar-refractivity contribution is 5.88. The summed E-state index contributed by atoms with van der Waals surface area (Å²) in [6, 6.07) is 0.0558. The number of carbonyl (C=O) groups excluding carboxylic acids is 2. The Bertz CT molecular complexity index is 488. The fourth-order valence-electron chi connectivity index (χ4n) is 4.17. The van der Waals surface area contributed by atoms with E-state index in [4.69, 9.17) is 0 Å². The zero-order valence-electron chi connectivity index (χ0n) is 14.5. The van der Waals surface area contributed by atoms with Crippen LogP contribution in [0.1, 0.15) is 58.8 Å². The third-order valence-corrected chi connectivity index (χ3v) is 5.58. The highest BCUT2D eigenvalue weighted by Gasteiger charge is 2.40. The van der Waals surface area contributed by atoms with Crippen LogP contribution >= 0.6 is 0 Å². The number of fused-ring (bicyclic) bond motifs is 2. The minimum atomic E-state index is -0.234. The van der Waals surface area contributed by atoms with Crippen LogP contribution in [0.15, 0.2) is 12.2 Å². The van der Waals surface area contributed by atoms with Crippen molar-refractivity contribution in [1.29, 1.82) is 0 Å². The smallest absolute Gasteiger partial charge is 0.243 e. The van der Waals surface area contributed by atoms with Crippen molar-refractivity contribution in [2.45, 2.75) is 70.9 Å². The number of hydrogen-bond donors (Lipinski definition) is 1. The van der Waals surface area contributed by atoms with E-state index in [9.17, 15) is 9.59 Å². The van der Waals surface area contributed by atoms with Crippen molar-refractivity contribution in [2.24, 2.45) is 17.8 Å². The number of hydrogen-bond acceptors (Lipinski definition) is 2. The first kappa shape index (κ1) is 16.5. The average Bonchev–Trinajstić information content (AvgIpc) is 3.02. The molecule has 2 aliphatic heterocycles. The van der Waals surface area contributed by atoms with E-state index in [2.05, 4.69) is 31.3 Å². The van der Waals surface area contributed by atoms with Gasteiger partial charge >= 0.3 is 0 Å². The lowest BCUT2D eigenvalue weighted by atomic mass is 9.91. The minimum Gasteiger partial charge on any atom is -0.351 e. The summed E-state index contributed by atoms with van der Waals surface area (Å²) in [6.07, 6.45) is 11.3. The number of rotatable bonds is 0. The van der Waals surface area contributed by atoms with Gasteiger partial charge in [-0.2, -0.15) is 0 Å². The second kappa shape index (κ2) is 7.06. The second-order valence-electron chi connectivity index (χ2n) is 7.92. The van der Waals surface area contributed by atoms with Crippen molar-refractivity contribution in [2.75, 3.05) is 6.54 Å². The van der Waals surface area contributed by atoms with Gasteiger partial charge in [-0.3, -0.25) is 9.59 Å². The first-order valence-electron chi connectivity index (χ1n) is 9.31. The van der Waals surface area contributed by atoms with E-state index < -0.39 is 0 Å². The molecule has 128 valence electrons. The van der Waals surface area contributed by atoms with E-state index in [0.29, 0.717) is 24.2 Å². The molecular weight excluding hydrogens is 288 g/mol. The van der Waals surface area contributed by atoms with Gasteiger partial charge in [-0.25, -0.2) is 0 Å². The molecule has 2 amide bonds. The van der Waals surface area contributed by atoms with Gasteiger partial charge in [0.05, 0.1) is 0 Å². The van der Waals surface area contributed by atoms with E-state index in [1.54, 1.807) is 0 Å². The maximum atomic E-state index is 12.6. The first-order valence-corrected chi connectivity index (χ1v) is 9.31. The molecular formula is C19H30N2O2. The molecule has 3 aliphatic rings. The van der Waals surface area contributed by atoms with Gasteiger partial charge in [0.1, 0.15) is 6.04 Å². The summed E-state index contributed by atoms with van der Waals surface area (Å²) in [5.74, 6) is 1.78. The third-order valence-electron chi connectivity index (χ3n) is 5.58. The summed E-state index contributed by atoms with van der Waals surface area (Å²) in [4.78, 5) is 27.0. The van der Waals surface area contributed by atoms with Crippen molar-refractivity contribution in [3.05, 3.63) is 12.2 Å². The Morgan fingerprint density at radius 2 is 1.96 bits per heavy atom. The lowest BCUT2D eigenvalue weighted by Crippen LogP contribution is -2.47. The molecule has 0 spiro atoms. The fourth-order valence-corrected chi connectivity index (χ4v) is 4.17. The number of amides is 2. The van der Waals surface area contributed by atoms with Gasteiger partial charge in [0.2, 0.25) is 11.8 Å². The van der Waals surface area contributed by atoms with Gasteiger partial charge in [-0.1, -0.05) is 26.0 Å². The molecule has 0 bridgehead atoms. The molecule has 1 aliphatic carbocycles. The van der Waals surface area contributed by atoms with Crippen LogP contribution in [-0.4, -0.2) is 35.3 Å². The summed E-state index contributed by atoms with van der Waals surface area (Å²) in [5, 5.41) is 3.15. The highest BCUT2D eigenvalue weighted by Crippen LogP contribution is 2.33. The van der Waals surface area contributed by atoms with Crippen LogP contribution in [0.5, 0.6) is 0 Å². The van der Waals surface area contributed by atoms with Crippen molar-refractivity contribution < 1.29 is 9.59 Å². The standard InChI is InChI=1S/C19H30N2O2/c1-13-6-3-4-7-15-12-16(15)20-19(23)17-8-5-9-21(17)18(22)11-14(2)10-13/h4,7,13-17H,3,5-6,8-12H2,1-2H3,(H,20,23)/b7-4-/t13-,14-,15-,16-,17+/m1/s1. The summed E-state index contributed by atoms with van der Waals surface area (Å²) in [5.41, 5.74) is 0. The first-order chi connectivity index (χ1) is 11.0. The lowest BCUT2D eigenvalue weighted by molar-refractivity contribution is -0.139. The molecule has 1 saturated carbocycles. The molecule has 0 radical (unpaired) electrons. The fraction of sp³-hybridized carbons (Fsp3) is 0.789. The van der Waals surface area contributed by atoms with E-state index in [-0.39, 0.29) is 23.9 Å². The van der Waals surface area contributed by atoms with Crippen LogP contribution in [0.25, 0.3) is 0 Å². The lowest BCUT2D eigenvalue weighted by Gasteiger charge is -2.26. The summed E-state index contributed by atoms with van der Waals surface area (Å²) >= 11 is 0. The average molecular weight is 318 g/mol. The Morgan fingerprint density at radius 3 is 2.78 bits per heavy atom. The van der Waals surface area contributed by atoms with Crippen LogP contribution in [0.2, 0.25) is 0 Å². The van der Waals surface area contributed by atoms with Crippen LogP contribution in [-0.2, 0) is 9.59 Å². The van der Waals surface area contributed by atoms with Crippen LogP contribution in [0.3, 0.4) is 0 Å². The van der Waals surface area contributed by atoms with Gasteiger partial charge in [-0.15, -0.1) is 0 Å². The topological polar surface area (TPSA) is 49.4 Å². The molecule has 1 saturated heterocycles. The summed E-state index contributed by atoms with van der Waals surface area (Å²) in [6.45, 7) is 5.20. The van der Waals surface area contributed by atoms with Crippen molar-refractivity contribution in [1.82, 2.24) is 10.2 Å². The summed E-state index contributed by atoms with van der Waals surface area (Å²) < 4.78 is 0. The van der Waals surface area contributed by atoms with Gasteiger partial charge in [0.15, 0.2) is 0 Å². The maximum Gasteiger partial charge on any atom is 0.243 e. The van der Waals surface area contributed by atoms with E-state index >= 15 is 0 Å². The van der Waals surface area contributed by atoms with Gasteiger partial charge in [0.25, 0.3) is 0 Å². The molecule has 4 nitrogen and oxygen atoms in total.